The van der Waals surface area contributed by atoms with Crippen molar-refractivity contribution < 1.29 is 9.32 Å². The summed E-state index contributed by atoms with van der Waals surface area (Å²) in [6, 6.07) is 6.44. The number of carbonyl (C=O) groups excluding carboxylic acids is 1. The van der Waals surface area contributed by atoms with Gasteiger partial charge in [-0.2, -0.15) is 0 Å². The molecule has 1 aliphatic heterocycles. The monoisotopic (exact) mass is 313 g/mol. The number of carbonyl (C=O) groups is 1. The molecule has 1 aromatic heterocycles. The minimum absolute atomic E-state index is 0.115. The molecule has 5 nitrogen and oxygen atoms in total. The molecule has 23 heavy (non-hydrogen) atoms. The summed E-state index contributed by atoms with van der Waals surface area (Å²) in [5.41, 5.74) is 5.08. The number of aryl methyl sites for hydroxylation is 3. The zero-order chi connectivity index (χ0) is 16.4. The summed E-state index contributed by atoms with van der Waals surface area (Å²) in [5.74, 6) is 0.460. The van der Waals surface area contributed by atoms with Crippen LogP contribution in [-0.2, 0) is 19.4 Å². The van der Waals surface area contributed by atoms with Crippen LogP contribution in [0.4, 0.5) is 5.69 Å². The van der Waals surface area contributed by atoms with Crippen LogP contribution in [0.15, 0.2) is 22.7 Å². The van der Waals surface area contributed by atoms with E-state index in [-0.39, 0.29) is 5.91 Å². The molecule has 2 heterocycles. The van der Waals surface area contributed by atoms with Gasteiger partial charge in [0.15, 0.2) is 0 Å². The Kier molecular flexibility index (Phi) is 4.37. The lowest BCUT2D eigenvalue weighted by Crippen LogP contribution is -2.26. The molecule has 0 bridgehead atoms. The quantitative estimate of drug-likeness (QED) is 0.943. The predicted octanol–water partition coefficient (Wildman–Crippen LogP) is 2.86. The molecular formula is C18H23N3O2. The van der Waals surface area contributed by atoms with E-state index in [0.29, 0.717) is 30.0 Å². The lowest BCUT2D eigenvalue weighted by atomic mass is 9.99. The minimum Gasteiger partial charge on any atom is -0.374 e. The number of hydrogen-bond donors (Lipinski definition) is 1. The van der Waals surface area contributed by atoms with Crippen molar-refractivity contribution in [3.8, 4) is 0 Å². The lowest BCUT2D eigenvalue weighted by molar-refractivity contribution is 0.0948. The van der Waals surface area contributed by atoms with Gasteiger partial charge in [-0.05, 0) is 43.4 Å². The lowest BCUT2D eigenvalue weighted by Gasteiger charge is -2.27. The molecule has 0 aliphatic carbocycles. The zero-order valence-electron chi connectivity index (χ0n) is 14.0. The average Bonchev–Trinajstić information content (AvgIpc) is 2.93. The number of nitrogens with zero attached hydrogens (tertiary/aromatic N) is 2. The molecule has 1 aromatic carbocycles. The van der Waals surface area contributed by atoms with Gasteiger partial charge in [-0.25, -0.2) is 0 Å². The maximum atomic E-state index is 12.4. The van der Waals surface area contributed by atoms with Gasteiger partial charge in [0.1, 0.15) is 11.3 Å². The summed E-state index contributed by atoms with van der Waals surface area (Å²) < 4.78 is 5.13. The van der Waals surface area contributed by atoms with Crippen molar-refractivity contribution in [2.75, 3.05) is 18.5 Å². The van der Waals surface area contributed by atoms with Gasteiger partial charge in [0, 0.05) is 25.8 Å². The summed E-state index contributed by atoms with van der Waals surface area (Å²) in [6.07, 6.45) is 2.97. The molecule has 1 N–H and O–H groups in total. The van der Waals surface area contributed by atoms with Crippen LogP contribution in [0.1, 0.15) is 46.3 Å². The highest BCUT2D eigenvalue weighted by atomic mass is 16.5. The Hall–Kier alpha value is -2.30. The van der Waals surface area contributed by atoms with Crippen LogP contribution in [-0.4, -0.2) is 24.7 Å². The molecule has 122 valence electrons. The second-order valence-electron chi connectivity index (χ2n) is 6.08. The highest BCUT2D eigenvalue weighted by Gasteiger charge is 2.19. The van der Waals surface area contributed by atoms with Gasteiger partial charge in [0.2, 0.25) is 0 Å². The van der Waals surface area contributed by atoms with Gasteiger partial charge in [0.25, 0.3) is 5.91 Å². The van der Waals surface area contributed by atoms with E-state index in [1.165, 1.54) is 17.7 Å². The standard InChI is InChI=1S/C18H23N3O2/c1-4-15-17(12(2)23-20-15)18(22)19-11-13-7-8-16-14(10-13)6-5-9-21(16)3/h7-8,10H,4-6,9,11H2,1-3H3,(H,19,22). The molecule has 0 saturated carbocycles. The fourth-order valence-corrected chi connectivity index (χ4v) is 3.17. The molecule has 5 heteroatoms. The molecule has 1 aliphatic rings. The van der Waals surface area contributed by atoms with Crippen molar-refractivity contribution in [2.24, 2.45) is 0 Å². The number of anilines is 1. The van der Waals surface area contributed by atoms with Crippen LogP contribution >= 0.6 is 0 Å². The highest BCUT2D eigenvalue weighted by Crippen LogP contribution is 2.26. The molecule has 0 unspecified atom stereocenters. The van der Waals surface area contributed by atoms with Gasteiger partial charge >= 0.3 is 0 Å². The summed E-state index contributed by atoms with van der Waals surface area (Å²) in [5, 5.41) is 6.92. The predicted molar refractivity (Wildman–Crippen MR) is 89.8 cm³/mol. The number of amides is 1. The van der Waals surface area contributed by atoms with Crippen LogP contribution in [0.2, 0.25) is 0 Å². The van der Waals surface area contributed by atoms with Crippen molar-refractivity contribution in [3.05, 3.63) is 46.3 Å². The van der Waals surface area contributed by atoms with Crippen LogP contribution in [0, 0.1) is 6.92 Å². The number of fused-ring (bicyclic) bond motifs is 1. The Labute approximate surface area is 136 Å². The molecule has 1 amide bonds. The van der Waals surface area contributed by atoms with E-state index in [2.05, 4.69) is 40.6 Å². The molecule has 0 radical (unpaired) electrons. The third-order valence-electron chi connectivity index (χ3n) is 4.44. The van der Waals surface area contributed by atoms with Crippen molar-refractivity contribution in [1.82, 2.24) is 10.5 Å². The van der Waals surface area contributed by atoms with Crippen LogP contribution < -0.4 is 10.2 Å². The first kappa shape index (κ1) is 15.6. The largest absolute Gasteiger partial charge is 0.374 e. The first-order valence-electron chi connectivity index (χ1n) is 8.16. The molecule has 3 rings (SSSR count). The maximum Gasteiger partial charge on any atom is 0.257 e. The average molecular weight is 313 g/mol. The topological polar surface area (TPSA) is 58.4 Å². The summed E-state index contributed by atoms with van der Waals surface area (Å²) in [7, 11) is 2.13. The second kappa shape index (κ2) is 6.44. The van der Waals surface area contributed by atoms with Gasteiger partial charge in [-0.3, -0.25) is 4.79 Å². The maximum absolute atomic E-state index is 12.4. The van der Waals surface area contributed by atoms with E-state index >= 15 is 0 Å². The summed E-state index contributed by atoms with van der Waals surface area (Å²) in [6.45, 7) is 5.36. The Balaban J connectivity index is 1.71. The van der Waals surface area contributed by atoms with E-state index in [1.54, 1.807) is 6.92 Å². The minimum atomic E-state index is -0.115. The van der Waals surface area contributed by atoms with Crippen LogP contribution in [0.3, 0.4) is 0 Å². The zero-order valence-corrected chi connectivity index (χ0v) is 14.0. The Morgan fingerprint density at radius 1 is 1.43 bits per heavy atom. The second-order valence-corrected chi connectivity index (χ2v) is 6.08. The van der Waals surface area contributed by atoms with Crippen molar-refractivity contribution >= 4 is 11.6 Å². The molecule has 2 aromatic rings. The molecule has 0 fully saturated rings. The van der Waals surface area contributed by atoms with Crippen molar-refractivity contribution in [2.45, 2.75) is 39.7 Å². The molecular weight excluding hydrogens is 290 g/mol. The number of nitrogens with one attached hydrogen (secondary N) is 1. The normalized spacial score (nSPS) is 13.8. The Morgan fingerprint density at radius 3 is 3.04 bits per heavy atom. The number of benzene rings is 1. The SMILES string of the molecule is CCc1noc(C)c1C(=O)NCc1ccc2c(c1)CCCN2C. The van der Waals surface area contributed by atoms with E-state index in [1.807, 2.05) is 6.92 Å². The fraction of sp³-hybridized carbons (Fsp3) is 0.444. The summed E-state index contributed by atoms with van der Waals surface area (Å²) >= 11 is 0. The molecule has 0 spiro atoms. The summed E-state index contributed by atoms with van der Waals surface area (Å²) in [4.78, 5) is 14.7. The smallest absolute Gasteiger partial charge is 0.257 e. The van der Waals surface area contributed by atoms with E-state index in [0.717, 1.165) is 18.5 Å². The number of hydrogen-bond acceptors (Lipinski definition) is 4. The van der Waals surface area contributed by atoms with E-state index < -0.39 is 0 Å². The fourth-order valence-electron chi connectivity index (χ4n) is 3.17. The van der Waals surface area contributed by atoms with Gasteiger partial charge in [-0.15, -0.1) is 0 Å². The van der Waals surface area contributed by atoms with Crippen molar-refractivity contribution in [1.29, 1.82) is 0 Å². The number of rotatable bonds is 4. The van der Waals surface area contributed by atoms with Gasteiger partial charge in [-0.1, -0.05) is 24.2 Å². The Morgan fingerprint density at radius 2 is 2.26 bits per heavy atom. The molecule has 0 atom stereocenters. The highest BCUT2D eigenvalue weighted by molar-refractivity contribution is 5.96. The van der Waals surface area contributed by atoms with E-state index in [4.69, 9.17) is 4.52 Å². The van der Waals surface area contributed by atoms with Crippen LogP contribution in [0.5, 0.6) is 0 Å². The van der Waals surface area contributed by atoms with Gasteiger partial charge < -0.3 is 14.7 Å². The van der Waals surface area contributed by atoms with Gasteiger partial charge in [0.05, 0.1) is 5.69 Å². The van der Waals surface area contributed by atoms with E-state index in [9.17, 15) is 4.79 Å². The molecule has 0 saturated heterocycles. The van der Waals surface area contributed by atoms with Crippen LogP contribution in [0.25, 0.3) is 0 Å². The first-order chi connectivity index (χ1) is 11.1. The Bertz CT molecular complexity index is 721. The van der Waals surface area contributed by atoms with Crippen molar-refractivity contribution in [3.63, 3.8) is 0 Å². The number of aromatic nitrogens is 1. The first-order valence-corrected chi connectivity index (χ1v) is 8.16. The third kappa shape index (κ3) is 3.09. The third-order valence-corrected chi connectivity index (χ3v) is 4.44.